The Balaban J connectivity index is 2.21. The number of hydrogen-bond donors (Lipinski definition) is 1. The first-order valence-corrected chi connectivity index (χ1v) is 7.34. The summed E-state index contributed by atoms with van der Waals surface area (Å²) >= 11 is 9.84. The molecule has 1 aromatic heterocycles. The smallest absolute Gasteiger partial charge is 0.127 e. The second kappa shape index (κ2) is 5.65. The number of hydrogen-bond acceptors (Lipinski definition) is 2. The summed E-state index contributed by atoms with van der Waals surface area (Å²) in [5, 5.41) is 2.44. The quantitative estimate of drug-likeness (QED) is 0.784. The van der Waals surface area contributed by atoms with E-state index in [0.717, 1.165) is 5.56 Å². The summed E-state index contributed by atoms with van der Waals surface area (Å²) in [5.74, 6) is -0.294. The maximum Gasteiger partial charge on any atom is 0.127 e. The van der Waals surface area contributed by atoms with Crippen LogP contribution in [0.2, 0.25) is 5.02 Å². The van der Waals surface area contributed by atoms with Crippen LogP contribution >= 0.6 is 45.5 Å². The van der Waals surface area contributed by atoms with Crippen molar-refractivity contribution in [2.24, 2.45) is 5.73 Å². The zero-order chi connectivity index (χ0) is 12.4. The summed E-state index contributed by atoms with van der Waals surface area (Å²) < 4.78 is 14.8. The minimum absolute atomic E-state index is 0.218. The second-order valence-electron chi connectivity index (χ2n) is 3.69. The van der Waals surface area contributed by atoms with Crippen molar-refractivity contribution in [2.45, 2.75) is 12.5 Å². The lowest BCUT2D eigenvalue weighted by atomic mass is 10.0. The fourth-order valence-corrected chi connectivity index (χ4v) is 3.26. The van der Waals surface area contributed by atoms with Crippen LogP contribution in [0.25, 0.3) is 0 Å². The van der Waals surface area contributed by atoms with Crippen LogP contribution in [0.1, 0.15) is 17.2 Å². The van der Waals surface area contributed by atoms with Gasteiger partial charge in [0.2, 0.25) is 0 Å². The van der Waals surface area contributed by atoms with Gasteiger partial charge in [0.25, 0.3) is 0 Å². The molecule has 0 aliphatic rings. The molecule has 2 N–H and O–H groups in total. The third-order valence-electron chi connectivity index (χ3n) is 2.50. The molecule has 0 bridgehead atoms. The molecule has 0 aliphatic carbocycles. The molecule has 0 aliphatic heterocycles. The van der Waals surface area contributed by atoms with E-state index in [2.05, 4.69) is 22.6 Å². The normalized spacial score (nSPS) is 12.7. The van der Waals surface area contributed by atoms with Crippen molar-refractivity contribution < 1.29 is 4.39 Å². The molecule has 1 aromatic carbocycles. The molecule has 1 nitrogen and oxygen atoms in total. The Bertz CT molecular complexity index is 509. The molecule has 0 saturated carbocycles. The van der Waals surface area contributed by atoms with Crippen LogP contribution in [-0.4, -0.2) is 0 Å². The van der Waals surface area contributed by atoms with E-state index in [1.807, 2.05) is 11.4 Å². The molecule has 2 rings (SSSR count). The van der Waals surface area contributed by atoms with Crippen LogP contribution in [0.4, 0.5) is 4.39 Å². The molecule has 0 amide bonds. The van der Waals surface area contributed by atoms with Crippen molar-refractivity contribution in [1.29, 1.82) is 0 Å². The lowest BCUT2D eigenvalue weighted by molar-refractivity contribution is 0.594. The molecule has 0 saturated heterocycles. The summed E-state index contributed by atoms with van der Waals surface area (Å²) in [6.45, 7) is 0. The SMILES string of the molecule is NC(Cc1c(F)cccc1Cl)c1csc(I)c1. The first kappa shape index (κ1) is 13.3. The Kier molecular flexibility index (Phi) is 4.41. The molecular weight excluding hydrogens is 372 g/mol. The van der Waals surface area contributed by atoms with Gasteiger partial charge in [-0.3, -0.25) is 0 Å². The van der Waals surface area contributed by atoms with Crippen molar-refractivity contribution in [3.05, 3.63) is 54.5 Å². The van der Waals surface area contributed by atoms with E-state index in [4.69, 9.17) is 17.3 Å². The Morgan fingerprint density at radius 1 is 1.47 bits per heavy atom. The average molecular weight is 382 g/mol. The summed E-state index contributed by atoms with van der Waals surface area (Å²) in [4.78, 5) is 0. The maximum atomic E-state index is 13.6. The molecule has 5 heteroatoms. The summed E-state index contributed by atoms with van der Waals surface area (Å²) in [6, 6.07) is 6.49. The number of nitrogens with two attached hydrogens (primary N) is 1. The van der Waals surface area contributed by atoms with Gasteiger partial charge in [-0.25, -0.2) is 4.39 Å². The Morgan fingerprint density at radius 3 is 2.82 bits per heavy atom. The van der Waals surface area contributed by atoms with Gasteiger partial charge in [-0.15, -0.1) is 11.3 Å². The van der Waals surface area contributed by atoms with E-state index < -0.39 is 0 Å². The van der Waals surface area contributed by atoms with Crippen LogP contribution < -0.4 is 5.73 Å². The Hall–Kier alpha value is -0.170. The topological polar surface area (TPSA) is 26.0 Å². The van der Waals surface area contributed by atoms with Gasteiger partial charge in [0, 0.05) is 16.6 Å². The summed E-state index contributed by atoms with van der Waals surface area (Å²) in [7, 11) is 0. The van der Waals surface area contributed by atoms with Gasteiger partial charge in [-0.1, -0.05) is 17.7 Å². The van der Waals surface area contributed by atoms with Crippen LogP contribution in [0.3, 0.4) is 0 Å². The molecule has 0 radical (unpaired) electrons. The highest BCUT2D eigenvalue weighted by Gasteiger charge is 2.14. The van der Waals surface area contributed by atoms with Gasteiger partial charge in [-0.2, -0.15) is 0 Å². The number of benzene rings is 1. The fourth-order valence-electron chi connectivity index (χ4n) is 1.58. The van der Waals surface area contributed by atoms with Crippen molar-refractivity contribution in [1.82, 2.24) is 0 Å². The molecule has 0 spiro atoms. The molecule has 90 valence electrons. The zero-order valence-corrected chi connectivity index (χ0v) is 12.5. The molecule has 2 aromatic rings. The first-order valence-electron chi connectivity index (χ1n) is 5.00. The van der Waals surface area contributed by atoms with Gasteiger partial charge < -0.3 is 5.73 Å². The maximum absolute atomic E-state index is 13.6. The third-order valence-corrected chi connectivity index (χ3v) is 4.66. The highest BCUT2D eigenvalue weighted by molar-refractivity contribution is 14.1. The average Bonchev–Trinajstić information content (AvgIpc) is 2.70. The standard InChI is InChI=1S/C12H10ClFINS/c13-9-2-1-3-10(14)8(9)5-11(16)7-4-12(15)17-6-7/h1-4,6,11H,5,16H2. The van der Waals surface area contributed by atoms with Crippen LogP contribution in [0.15, 0.2) is 29.6 Å². The number of rotatable bonds is 3. The molecule has 0 fully saturated rings. The molecular formula is C12H10ClFINS. The highest BCUT2D eigenvalue weighted by Crippen LogP contribution is 2.27. The van der Waals surface area contributed by atoms with E-state index in [-0.39, 0.29) is 11.9 Å². The van der Waals surface area contributed by atoms with Crippen LogP contribution in [0.5, 0.6) is 0 Å². The third kappa shape index (κ3) is 3.19. The van der Waals surface area contributed by atoms with E-state index >= 15 is 0 Å². The zero-order valence-electron chi connectivity index (χ0n) is 8.79. The Morgan fingerprint density at radius 2 is 2.24 bits per heavy atom. The van der Waals surface area contributed by atoms with Crippen LogP contribution in [-0.2, 0) is 6.42 Å². The van der Waals surface area contributed by atoms with E-state index in [1.165, 1.54) is 8.95 Å². The molecule has 1 heterocycles. The first-order chi connectivity index (χ1) is 8.08. The molecule has 1 unspecified atom stereocenters. The van der Waals surface area contributed by atoms with Crippen molar-refractivity contribution in [3.63, 3.8) is 0 Å². The minimum atomic E-state index is -0.294. The number of thiophene rings is 1. The summed E-state index contributed by atoms with van der Waals surface area (Å²) in [5.41, 5.74) is 7.57. The predicted molar refractivity (Wildman–Crippen MR) is 79.1 cm³/mol. The lowest BCUT2D eigenvalue weighted by Crippen LogP contribution is -2.13. The van der Waals surface area contributed by atoms with E-state index in [0.29, 0.717) is 17.0 Å². The van der Waals surface area contributed by atoms with E-state index in [1.54, 1.807) is 23.5 Å². The van der Waals surface area contributed by atoms with Gasteiger partial charge in [0.05, 0.1) is 2.88 Å². The van der Waals surface area contributed by atoms with E-state index in [9.17, 15) is 4.39 Å². The largest absolute Gasteiger partial charge is 0.324 e. The lowest BCUT2D eigenvalue weighted by Gasteiger charge is -2.12. The minimum Gasteiger partial charge on any atom is -0.324 e. The Labute approximate surface area is 122 Å². The van der Waals surface area contributed by atoms with Gasteiger partial charge in [-0.05, 0) is 58.2 Å². The van der Waals surface area contributed by atoms with Crippen LogP contribution in [0, 0.1) is 8.70 Å². The molecule has 17 heavy (non-hydrogen) atoms. The summed E-state index contributed by atoms with van der Waals surface area (Å²) in [6.07, 6.45) is 0.415. The van der Waals surface area contributed by atoms with Gasteiger partial charge >= 0.3 is 0 Å². The van der Waals surface area contributed by atoms with Gasteiger partial charge in [0.15, 0.2) is 0 Å². The predicted octanol–water partition coefficient (Wildman–Crippen LogP) is 4.39. The van der Waals surface area contributed by atoms with Crippen molar-refractivity contribution in [2.75, 3.05) is 0 Å². The number of halogens is 3. The monoisotopic (exact) mass is 381 g/mol. The molecule has 1 atom stereocenters. The van der Waals surface area contributed by atoms with Gasteiger partial charge in [0.1, 0.15) is 5.82 Å². The van der Waals surface area contributed by atoms with Crippen molar-refractivity contribution >= 4 is 45.5 Å². The fraction of sp³-hybridized carbons (Fsp3) is 0.167. The second-order valence-corrected chi connectivity index (χ2v) is 6.91. The highest BCUT2D eigenvalue weighted by atomic mass is 127. The van der Waals surface area contributed by atoms with Crippen molar-refractivity contribution in [3.8, 4) is 0 Å².